The monoisotopic (exact) mass is 321 g/mol. The minimum atomic E-state index is 0.303. The predicted octanol–water partition coefficient (Wildman–Crippen LogP) is 2.43. The lowest BCUT2D eigenvalue weighted by atomic mass is 10.1. The summed E-state index contributed by atoms with van der Waals surface area (Å²) in [5.74, 6) is 1.59. The summed E-state index contributed by atoms with van der Waals surface area (Å²) in [4.78, 5) is 10.8. The van der Waals surface area contributed by atoms with E-state index in [1.54, 1.807) is 6.33 Å². The zero-order valence-electron chi connectivity index (χ0n) is 13.9. The molecular weight excluding hydrogens is 294 g/mol. The fraction of sp³-hybridized carbons (Fsp3) is 0.765. The van der Waals surface area contributed by atoms with Gasteiger partial charge >= 0.3 is 0 Å². The Balaban J connectivity index is 1.43. The van der Waals surface area contributed by atoms with Crippen molar-refractivity contribution in [3.63, 3.8) is 0 Å². The molecule has 2 aliphatic rings. The second-order valence-corrected chi connectivity index (χ2v) is 6.16. The van der Waals surface area contributed by atoms with Gasteiger partial charge in [-0.3, -0.25) is 0 Å². The van der Waals surface area contributed by atoms with Gasteiger partial charge in [0.05, 0.1) is 25.4 Å². The van der Waals surface area contributed by atoms with Crippen molar-refractivity contribution in [2.24, 2.45) is 0 Å². The van der Waals surface area contributed by atoms with Crippen molar-refractivity contribution in [3.05, 3.63) is 12.4 Å². The Bertz CT molecular complexity index is 472. The second-order valence-electron chi connectivity index (χ2n) is 6.16. The van der Waals surface area contributed by atoms with Gasteiger partial charge in [0.25, 0.3) is 0 Å². The van der Waals surface area contributed by atoms with E-state index in [1.165, 1.54) is 12.8 Å². The van der Waals surface area contributed by atoms with Gasteiger partial charge in [0.15, 0.2) is 0 Å². The summed E-state index contributed by atoms with van der Waals surface area (Å²) in [6.45, 7) is 6.13. The Hall–Kier alpha value is -1.40. The van der Waals surface area contributed by atoms with Crippen LogP contribution in [0.3, 0.4) is 0 Å². The van der Waals surface area contributed by atoms with Crippen LogP contribution < -0.4 is 9.64 Å². The molecule has 1 aromatic heterocycles. The average molecular weight is 321 g/mol. The third kappa shape index (κ3) is 4.78. The summed E-state index contributed by atoms with van der Waals surface area (Å²) >= 11 is 0. The van der Waals surface area contributed by atoms with Gasteiger partial charge in [0.1, 0.15) is 12.1 Å². The molecule has 2 fully saturated rings. The fourth-order valence-electron chi connectivity index (χ4n) is 3.16. The zero-order chi connectivity index (χ0) is 15.9. The van der Waals surface area contributed by atoms with E-state index in [9.17, 15) is 0 Å². The van der Waals surface area contributed by atoms with Crippen LogP contribution in [0.25, 0.3) is 0 Å². The third-order valence-corrected chi connectivity index (χ3v) is 4.48. The van der Waals surface area contributed by atoms with Crippen LogP contribution in [-0.2, 0) is 9.47 Å². The van der Waals surface area contributed by atoms with E-state index in [0.717, 1.165) is 51.4 Å². The SMILES string of the molecule is CCOc1cc(N2CCC(OCC3CCCCO3)CC2)ncn1. The molecule has 3 heterocycles. The Morgan fingerprint density at radius 2 is 2.09 bits per heavy atom. The molecule has 0 radical (unpaired) electrons. The Labute approximate surface area is 138 Å². The summed E-state index contributed by atoms with van der Waals surface area (Å²) < 4.78 is 17.2. The molecule has 6 nitrogen and oxygen atoms in total. The first kappa shape index (κ1) is 16.5. The lowest BCUT2D eigenvalue weighted by molar-refractivity contribution is -0.0672. The first-order valence-corrected chi connectivity index (χ1v) is 8.78. The molecule has 0 bridgehead atoms. The first-order chi connectivity index (χ1) is 11.3. The van der Waals surface area contributed by atoms with Crippen molar-refractivity contribution in [2.45, 2.75) is 51.2 Å². The van der Waals surface area contributed by atoms with Crippen molar-refractivity contribution in [3.8, 4) is 5.88 Å². The van der Waals surface area contributed by atoms with Crippen molar-refractivity contribution < 1.29 is 14.2 Å². The standard InChI is InChI=1S/C17H27N3O3/c1-2-21-17-11-16(18-13-19-17)20-8-6-14(7-9-20)23-12-15-5-3-4-10-22-15/h11,13-15H,2-10,12H2,1H3. The van der Waals surface area contributed by atoms with Gasteiger partial charge in [-0.05, 0) is 39.0 Å². The summed E-state index contributed by atoms with van der Waals surface area (Å²) in [5, 5.41) is 0. The van der Waals surface area contributed by atoms with Crippen LogP contribution in [-0.4, -0.2) is 55.1 Å². The molecule has 0 spiro atoms. The number of ether oxygens (including phenoxy) is 3. The molecule has 2 saturated heterocycles. The molecular formula is C17H27N3O3. The quantitative estimate of drug-likeness (QED) is 0.802. The fourth-order valence-corrected chi connectivity index (χ4v) is 3.16. The molecule has 0 N–H and O–H groups in total. The molecule has 1 atom stereocenters. The van der Waals surface area contributed by atoms with Crippen LogP contribution in [0.1, 0.15) is 39.0 Å². The number of hydrogen-bond acceptors (Lipinski definition) is 6. The van der Waals surface area contributed by atoms with Crippen molar-refractivity contribution in [1.29, 1.82) is 0 Å². The van der Waals surface area contributed by atoms with Crippen molar-refractivity contribution >= 4 is 5.82 Å². The average Bonchev–Trinajstić information content (AvgIpc) is 2.62. The number of piperidine rings is 1. The van der Waals surface area contributed by atoms with Gasteiger partial charge < -0.3 is 19.1 Å². The Morgan fingerprint density at radius 1 is 1.22 bits per heavy atom. The van der Waals surface area contributed by atoms with Crippen molar-refractivity contribution in [2.75, 3.05) is 37.8 Å². The molecule has 1 aromatic rings. The van der Waals surface area contributed by atoms with Gasteiger partial charge in [-0.25, -0.2) is 9.97 Å². The second kappa shape index (κ2) is 8.45. The van der Waals surface area contributed by atoms with Gasteiger partial charge in [0, 0.05) is 25.8 Å². The molecule has 0 saturated carbocycles. The largest absolute Gasteiger partial charge is 0.478 e. The van der Waals surface area contributed by atoms with Crippen LogP contribution in [0.4, 0.5) is 5.82 Å². The van der Waals surface area contributed by atoms with E-state index in [1.807, 2.05) is 13.0 Å². The summed E-state index contributed by atoms with van der Waals surface area (Å²) in [7, 11) is 0. The molecule has 1 unspecified atom stereocenters. The maximum Gasteiger partial charge on any atom is 0.218 e. The topological polar surface area (TPSA) is 56.7 Å². The number of hydrogen-bond donors (Lipinski definition) is 0. The highest BCUT2D eigenvalue weighted by molar-refractivity contribution is 5.41. The highest BCUT2D eigenvalue weighted by Gasteiger charge is 2.23. The maximum absolute atomic E-state index is 6.06. The van der Waals surface area contributed by atoms with E-state index in [-0.39, 0.29) is 0 Å². The molecule has 128 valence electrons. The van der Waals surface area contributed by atoms with Crippen LogP contribution in [0, 0.1) is 0 Å². The van der Waals surface area contributed by atoms with Crippen LogP contribution >= 0.6 is 0 Å². The lowest BCUT2D eigenvalue weighted by Gasteiger charge is -2.33. The third-order valence-electron chi connectivity index (χ3n) is 4.48. The van der Waals surface area contributed by atoms with E-state index < -0.39 is 0 Å². The Morgan fingerprint density at radius 3 is 2.83 bits per heavy atom. The minimum absolute atomic E-state index is 0.303. The van der Waals surface area contributed by atoms with Crippen LogP contribution in [0.2, 0.25) is 0 Å². The minimum Gasteiger partial charge on any atom is -0.478 e. The number of anilines is 1. The molecule has 0 aliphatic carbocycles. The molecule has 0 amide bonds. The van der Waals surface area contributed by atoms with Gasteiger partial charge in [-0.15, -0.1) is 0 Å². The zero-order valence-corrected chi connectivity index (χ0v) is 13.9. The molecule has 6 heteroatoms. The summed E-state index contributed by atoms with van der Waals surface area (Å²) in [5.41, 5.74) is 0. The first-order valence-electron chi connectivity index (χ1n) is 8.78. The normalized spacial score (nSPS) is 23.0. The van der Waals surface area contributed by atoms with E-state index in [0.29, 0.717) is 24.7 Å². The number of aromatic nitrogens is 2. The van der Waals surface area contributed by atoms with Crippen molar-refractivity contribution in [1.82, 2.24) is 9.97 Å². The van der Waals surface area contributed by atoms with E-state index >= 15 is 0 Å². The number of nitrogens with zero attached hydrogens (tertiary/aromatic N) is 3. The molecule has 23 heavy (non-hydrogen) atoms. The van der Waals surface area contributed by atoms with Crippen LogP contribution in [0.15, 0.2) is 12.4 Å². The number of rotatable bonds is 6. The predicted molar refractivity (Wildman–Crippen MR) is 88.0 cm³/mol. The lowest BCUT2D eigenvalue weighted by Crippen LogP contribution is -2.38. The maximum atomic E-state index is 6.06. The van der Waals surface area contributed by atoms with E-state index in [4.69, 9.17) is 14.2 Å². The molecule has 2 aliphatic heterocycles. The Kier molecular flexibility index (Phi) is 6.05. The van der Waals surface area contributed by atoms with Crippen LogP contribution in [0.5, 0.6) is 5.88 Å². The smallest absolute Gasteiger partial charge is 0.218 e. The van der Waals surface area contributed by atoms with Gasteiger partial charge in [0.2, 0.25) is 5.88 Å². The summed E-state index contributed by atoms with van der Waals surface area (Å²) in [6.07, 6.45) is 7.87. The summed E-state index contributed by atoms with van der Waals surface area (Å²) in [6, 6.07) is 1.92. The molecule has 0 aromatic carbocycles. The highest BCUT2D eigenvalue weighted by Crippen LogP contribution is 2.22. The van der Waals surface area contributed by atoms with Gasteiger partial charge in [-0.2, -0.15) is 0 Å². The molecule has 3 rings (SSSR count). The van der Waals surface area contributed by atoms with Gasteiger partial charge in [-0.1, -0.05) is 0 Å². The van der Waals surface area contributed by atoms with E-state index in [2.05, 4.69) is 14.9 Å². The highest BCUT2D eigenvalue weighted by atomic mass is 16.5.